The van der Waals surface area contributed by atoms with Crippen LogP contribution in [0, 0.1) is 0 Å². The van der Waals surface area contributed by atoms with Crippen molar-refractivity contribution in [2.75, 3.05) is 65.3 Å². The molecule has 6 rings (SSSR count). The number of aromatic nitrogens is 1. The number of hydrogen-bond donors (Lipinski definition) is 4. The number of nitrogens with zero attached hydrogens (tertiary/aromatic N) is 5. The molecule has 1 aliphatic carbocycles. The number of carbonyl (C=O) groups is 2. The van der Waals surface area contributed by atoms with Crippen LogP contribution in [0.5, 0.6) is 5.75 Å². The Bertz CT molecular complexity index is 1390. The Kier molecular flexibility index (Phi) is 8.18. The van der Waals surface area contributed by atoms with Gasteiger partial charge in [0.15, 0.2) is 0 Å². The largest absolute Gasteiger partial charge is 0.495 e. The van der Waals surface area contributed by atoms with Crippen LogP contribution in [0.1, 0.15) is 50.7 Å². The summed E-state index contributed by atoms with van der Waals surface area (Å²) in [4.78, 5) is 36.1. The van der Waals surface area contributed by atoms with Crippen molar-refractivity contribution >= 4 is 28.4 Å². The Balaban J connectivity index is 1.28. The lowest BCUT2D eigenvalue weighted by Gasteiger charge is -2.52. The maximum atomic E-state index is 13.6. The first kappa shape index (κ1) is 29.6. The lowest BCUT2D eigenvalue weighted by atomic mass is 10.0. The van der Waals surface area contributed by atoms with E-state index in [1.807, 2.05) is 36.3 Å². The van der Waals surface area contributed by atoms with Gasteiger partial charge in [-0.1, -0.05) is 26.7 Å². The van der Waals surface area contributed by atoms with Crippen LogP contribution in [0.4, 0.5) is 5.69 Å². The van der Waals surface area contributed by atoms with Gasteiger partial charge in [-0.15, -0.1) is 0 Å². The molecule has 1 saturated carbocycles. The van der Waals surface area contributed by atoms with Crippen LogP contribution in [-0.2, 0) is 4.79 Å². The van der Waals surface area contributed by atoms with E-state index in [0.29, 0.717) is 29.7 Å². The maximum absolute atomic E-state index is 13.6. The molecule has 4 aliphatic rings. The van der Waals surface area contributed by atoms with Crippen LogP contribution in [0.3, 0.4) is 0 Å². The Morgan fingerprint density at radius 3 is 2.51 bits per heavy atom. The molecule has 1 saturated heterocycles. The van der Waals surface area contributed by atoms with Crippen molar-refractivity contribution in [3.63, 3.8) is 0 Å². The molecule has 0 spiro atoms. The number of amides is 1. The van der Waals surface area contributed by atoms with Gasteiger partial charge >= 0.3 is 0 Å². The predicted molar refractivity (Wildman–Crippen MR) is 167 cm³/mol. The molecule has 12 heteroatoms. The summed E-state index contributed by atoms with van der Waals surface area (Å²) in [5.74, 6) is -0.363. The fourth-order valence-corrected chi connectivity index (χ4v) is 7.28. The van der Waals surface area contributed by atoms with E-state index < -0.39 is 5.91 Å². The minimum atomic E-state index is -1.48. The van der Waals surface area contributed by atoms with Crippen LogP contribution < -0.4 is 26.4 Å². The van der Waals surface area contributed by atoms with Crippen LogP contribution in [0.2, 0.25) is 0 Å². The summed E-state index contributed by atoms with van der Waals surface area (Å²) in [6.07, 6.45) is 7.38. The molecule has 5 N–H and O–H groups in total. The van der Waals surface area contributed by atoms with Crippen molar-refractivity contribution in [2.24, 2.45) is 5.73 Å². The van der Waals surface area contributed by atoms with E-state index in [1.54, 1.807) is 11.7 Å². The molecule has 12 nitrogen and oxygen atoms in total. The summed E-state index contributed by atoms with van der Waals surface area (Å²) in [5, 5.41) is 10.7. The summed E-state index contributed by atoms with van der Waals surface area (Å²) in [6.45, 7) is 10.3. The number of rotatable bonds is 8. The van der Waals surface area contributed by atoms with Crippen LogP contribution in [0.25, 0.3) is 10.9 Å². The third-order valence-corrected chi connectivity index (χ3v) is 9.66. The standard InChI is InChI=1S/C31H47N9O3/c1-5-22-19-36(3)28-29(40(22)23-9-7-8-10-23)34-31(32,35-30(28)42)33-24-18-25-21(17-26(24)43-4)11-12-39(25)27(41)20-38-15-13-37(6-2)14-16-38/h11-12,17-18,22-23,33-34H,5-10,13-16,19-20,32H2,1-4H3,(H,35,42)/t22?,31-/m1/s1. The van der Waals surface area contributed by atoms with Gasteiger partial charge in [0.2, 0.25) is 11.8 Å². The molecule has 1 unspecified atom stereocenters. The van der Waals surface area contributed by atoms with Gasteiger partial charge in [-0.3, -0.25) is 30.1 Å². The van der Waals surface area contributed by atoms with Gasteiger partial charge in [-0.25, -0.2) is 0 Å². The third kappa shape index (κ3) is 5.63. The average molecular weight is 594 g/mol. The minimum absolute atomic E-state index is 0.0143. The lowest BCUT2D eigenvalue weighted by molar-refractivity contribution is -0.123. The number of nitrogens with one attached hydrogen (secondary N) is 3. The summed E-state index contributed by atoms with van der Waals surface area (Å²) >= 11 is 0. The van der Waals surface area contributed by atoms with Gasteiger partial charge in [-0.2, -0.15) is 0 Å². The number of methoxy groups -OCH3 is 1. The van der Waals surface area contributed by atoms with Gasteiger partial charge in [0, 0.05) is 63.4 Å². The average Bonchev–Trinajstić information content (AvgIpc) is 3.66. The number of benzene rings is 1. The van der Waals surface area contributed by atoms with Gasteiger partial charge in [0.05, 0.1) is 24.9 Å². The molecule has 1 aromatic heterocycles. The molecule has 0 bridgehead atoms. The number of fused-ring (bicyclic) bond motifs is 1. The SMILES string of the molecule is CCC1CN(C)C2=C(N[C@@](N)(Nc3cc4c(ccn4C(=O)CN4CCN(CC)CC4)cc3OC)NC2=O)N1C1CCCC1. The van der Waals surface area contributed by atoms with Crippen LogP contribution >= 0.6 is 0 Å². The van der Waals surface area contributed by atoms with E-state index in [0.717, 1.165) is 75.3 Å². The number of hydrogen-bond acceptors (Lipinski definition) is 10. The summed E-state index contributed by atoms with van der Waals surface area (Å²) in [6, 6.07) is 6.35. The molecule has 234 valence electrons. The van der Waals surface area contributed by atoms with E-state index in [1.165, 1.54) is 12.8 Å². The normalized spacial score (nSPS) is 25.6. The molecule has 43 heavy (non-hydrogen) atoms. The van der Waals surface area contributed by atoms with Crippen molar-refractivity contribution in [3.05, 3.63) is 35.9 Å². The fraction of sp³-hybridized carbons (Fsp3) is 0.613. The molecular weight excluding hydrogens is 546 g/mol. The predicted octanol–water partition coefficient (Wildman–Crippen LogP) is 1.77. The second-order valence-corrected chi connectivity index (χ2v) is 12.4. The number of likely N-dealkylation sites (N-methyl/N-ethyl adjacent to an activating group) is 2. The van der Waals surface area contributed by atoms with E-state index in [2.05, 4.69) is 44.5 Å². The zero-order valence-electron chi connectivity index (χ0n) is 26.0. The van der Waals surface area contributed by atoms with E-state index >= 15 is 0 Å². The second-order valence-electron chi connectivity index (χ2n) is 12.4. The topological polar surface area (TPSA) is 123 Å². The first-order chi connectivity index (χ1) is 20.7. The highest BCUT2D eigenvalue weighted by Crippen LogP contribution is 2.36. The van der Waals surface area contributed by atoms with Gasteiger partial charge < -0.3 is 30.1 Å². The summed E-state index contributed by atoms with van der Waals surface area (Å²) in [5.41, 5.74) is 8.83. The number of nitrogens with two attached hydrogens (primary N) is 1. The highest BCUT2D eigenvalue weighted by molar-refractivity contribution is 5.97. The zero-order valence-corrected chi connectivity index (χ0v) is 26.0. The van der Waals surface area contributed by atoms with Crippen molar-refractivity contribution in [3.8, 4) is 5.75 Å². The smallest absolute Gasteiger partial charge is 0.275 e. The second kappa shape index (κ2) is 11.9. The molecule has 2 atom stereocenters. The number of carbonyl (C=O) groups excluding carboxylic acids is 2. The Hall–Kier alpha value is -3.48. The van der Waals surface area contributed by atoms with Crippen molar-refractivity contribution in [1.29, 1.82) is 0 Å². The van der Waals surface area contributed by atoms with E-state index in [-0.39, 0.29) is 17.9 Å². The summed E-state index contributed by atoms with van der Waals surface area (Å²) in [7, 11) is 3.57. The van der Waals surface area contributed by atoms with Crippen molar-refractivity contribution in [2.45, 2.75) is 63.9 Å². The molecule has 2 fully saturated rings. The highest BCUT2D eigenvalue weighted by Gasteiger charge is 2.46. The van der Waals surface area contributed by atoms with Gasteiger partial charge in [0.25, 0.3) is 5.91 Å². The molecular formula is C31H47N9O3. The Morgan fingerprint density at radius 1 is 1.12 bits per heavy atom. The first-order valence-corrected chi connectivity index (χ1v) is 15.8. The molecule has 2 aromatic rings. The first-order valence-electron chi connectivity index (χ1n) is 15.8. The zero-order chi connectivity index (χ0) is 30.3. The molecule has 1 aromatic carbocycles. The van der Waals surface area contributed by atoms with E-state index in [9.17, 15) is 9.59 Å². The highest BCUT2D eigenvalue weighted by atomic mass is 16.5. The van der Waals surface area contributed by atoms with Crippen molar-refractivity contribution < 1.29 is 14.3 Å². The quantitative estimate of drug-likeness (QED) is 0.337. The monoisotopic (exact) mass is 593 g/mol. The fourth-order valence-electron chi connectivity index (χ4n) is 7.28. The van der Waals surface area contributed by atoms with Crippen molar-refractivity contribution in [1.82, 2.24) is 34.8 Å². The summed E-state index contributed by atoms with van der Waals surface area (Å²) < 4.78 is 7.44. The third-order valence-electron chi connectivity index (χ3n) is 9.66. The van der Waals surface area contributed by atoms with E-state index in [4.69, 9.17) is 10.5 Å². The number of anilines is 1. The Labute approximate surface area is 254 Å². The molecule has 1 amide bonds. The van der Waals surface area contributed by atoms with Crippen LogP contribution in [-0.4, -0.2) is 114 Å². The lowest BCUT2D eigenvalue weighted by Crippen LogP contribution is -2.76. The van der Waals surface area contributed by atoms with Crippen LogP contribution in [0.15, 0.2) is 35.9 Å². The number of ether oxygens (including phenoxy) is 1. The minimum Gasteiger partial charge on any atom is -0.495 e. The number of piperazine rings is 1. The molecule has 4 heterocycles. The van der Waals surface area contributed by atoms with Gasteiger partial charge in [-0.05, 0) is 44.0 Å². The molecule has 3 aliphatic heterocycles. The Morgan fingerprint density at radius 2 is 1.84 bits per heavy atom. The molecule has 0 radical (unpaired) electrons. The van der Waals surface area contributed by atoms with Gasteiger partial charge in [0.1, 0.15) is 17.3 Å². The maximum Gasteiger partial charge on any atom is 0.275 e.